The highest BCUT2D eigenvalue weighted by Crippen LogP contribution is 2.23. The van der Waals surface area contributed by atoms with Gasteiger partial charge < -0.3 is 5.32 Å². The van der Waals surface area contributed by atoms with Gasteiger partial charge in [0.1, 0.15) is 5.82 Å². The summed E-state index contributed by atoms with van der Waals surface area (Å²) in [7, 11) is -3.69. The number of para-hydroxylation sites is 1. The molecule has 0 aliphatic heterocycles. The third-order valence-electron chi connectivity index (χ3n) is 4.60. The van der Waals surface area contributed by atoms with E-state index in [1.807, 2.05) is 31.2 Å². The number of hydrogen-bond acceptors (Lipinski definition) is 3. The number of halogens is 1. The second kappa shape index (κ2) is 9.09. The van der Waals surface area contributed by atoms with E-state index in [9.17, 15) is 17.6 Å². The summed E-state index contributed by atoms with van der Waals surface area (Å²) in [5, 5.41) is 2.87. The molecule has 1 amide bonds. The highest BCUT2D eigenvalue weighted by atomic mass is 32.2. The van der Waals surface area contributed by atoms with Gasteiger partial charge in [0.2, 0.25) is 10.0 Å². The third kappa shape index (κ3) is 5.45. The number of carbonyl (C=O) groups excluding carboxylic acids is 1. The summed E-state index contributed by atoms with van der Waals surface area (Å²) in [6, 6.07) is 20.2. The van der Waals surface area contributed by atoms with Gasteiger partial charge in [-0.15, -0.1) is 0 Å². The normalized spacial score (nSPS) is 11.2. The average molecular weight is 427 g/mol. The van der Waals surface area contributed by atoms with Crippen molar-refractivity contribution in [1.29, 1.82) is 0 Å². The molecule has 0 aliphatic carbocycles. The molecule has 1 N–H and O–H groups in total. The molecule has 3 aromatic rings. The number of hydrogen-bond donors (Lipinski definition) is 1. The van der Waals surface area contributed by atoms with Gasteiger partial charge in [0, 0.05) is 12.1 Å². The van der Waals surface area contributed by atoms with Gasteiger partial charge in [0.05, 0.1) is 18.5 Å². The Morgan fingerprint density at radius 1 is 0.967 bits per heavy atom. The number of carbonyl (C=O) groups is 1. The van der Waals surface area contributed by atoms with E-state index in [4.69, 9.17) is 0 Å². The van der Waals surface area contributed by atoms with Gasteiger partial charge in [-0.3, -0.25) is 9.10 Å². The maximum Gasteiger partial charge on any atom is 0.251 e. The minimum Gasteiger partial charge on any atom is -0.348 e. The molecule has 0 bridgehead atoms. The zero-order chi connectivity index (χ0) is 21.7. The molecule has 156 valence electrons. The molecule has 0 aromatic heterocycles. The topological polar surface area (TPSA) is 66.5 Å². The zero-order valence-electron chi connectivity index (χ0n) is 16.8. The molecule has 0 spiro atoms. The minimum atomic E-state index is -3.69. The number of sulfonamides is 1. The van der Waals surface area contributed by atoms with E-state index in [0.717, 1.165) is 21.7 Å². The van der Waals surface area contributed by atoms with Crippen LogP contribution in [-0.2, 0) is 23.1 Å². The highest BCUT2D eigenvalue weighted by molar-refractivity contribution is 7.92. The van der Waals surface area contributed by atoms with E-state index in [0.29, 0.717) is 17.7 Å². The summed E-state index contributed by atoms with van der Waals surface area (Å²) in [5.41, 5.74) is 3.21. The molecule has 0 saturated carbocycles. The van der Waals surface area contributed by atoms with Crippen LogP contribution >= 0.6 is 0 Å². The summed E-state index contributed by atoms with van der Waals surface area (Å²) < 4.78 is 39.5. The van der Waals surface area contributed by atoms with Crippen LogP contribution in [0, 0.1) is 12.7 Å². The first-order valence-corrected chi connectivity index (χ1v) is 11.2. The van der Waals surface area contributed by atoms with Crippen LogP contribution in [0.2, 0.25) is 0 Å². The molecule has 7 heteroatoms. The molecular weight excluding hydrogens is 403 g/mol. The number of aryl methyl sites for hydroxylation is 1. The fourth-order valence-corrected chi connectivity index (χ4v) is 3.96. The van der Waals surface area contributed by atoms with Crippen LogP contribution in [0.5, 0.6) is 0 Å². The van der Waals surface area contributed by atoms with Crippen molar-refractivity contribution in [2.45, 2.75) is 20.0 Å². The molecular formula is C23H23FN2O3S. The predicted octanol–water partition coefficient (Wildman–Crippen LogP) is 4.03. The van der Waals surface area contributed by atoms with Gasteiger partial charge in [-0.25, -0.2) is 12.8 Å². The van der Waals surface area contributed by atoms with Crippen LogP contribution in [0.3, 0.4) is 0 Å². The lowest BCUT2D eigenvalue weighted by Crippen LogP contribution is -2.30. The molecule has 0 atom stereocenters. The average Bonchev–Trinajstić information content (AvgIpc) is 2.71. The maximum absolute atomic E-state index is 14.1. The molecule has 3 aromatic carbocycles. The van der Waals surface area contributed by atoms with Crippen molar-refractivity contribution < 1.29 is 17.6 Å². The third-order valence-corrected chi connectivity index (χ3v) is 5.73. The molecule has 3 rings (SSSR count). The Morgan fingerprint density at radius 3 is 2.30 bits per heavy atom. The smallest absolute Gasteiger partial charge is 0.251 e. The maximum atomic E-state index is 14.1. The Balaban J connectivity index is 1.71. The van der Waals surface area contributed by atoms with Crippen molar-refractivity contribution in [2.24, 2.45) is 0 Å². The summed E-state index contributed by atoms with van der Waals surface area (Å²) in [5.74, 6) is -0.841. The first-order valence-electron chi connectivity index (χ1n) is 9.39. The van der Waals surface area contributed by atoms with Gasteiger partial charge >= 0.3 is 0 Å². The zero-order valence-corrected chi connectivity index (χ0v) is 17.6. The first kappa shape index (κ1) is 21.5. The summed E-state index contributed by atoms with van der Waals surface area (Å²) in [6.07, 6.45) is 1.03. The lowest BCUT2D eigenvalue weighted by Gasteiger charge is -2.23. The van der Waals surface area contributed by atoms with Crippen molar-refractivity contribution >= 4 is 21.6 Å². The molecule has 0 aliphatic rings. The molecule has 0 fully saturated rings. The van der Waals surface area contributed by atoms with Crippen LogP contribution in [-0.4, -0.2) is 20.6 Å². The molecule has 0 radical (unpaired) electrons. The number of nitrogens with one attached hydrogen (secondary N) is 1. The monoisotopic (exact) mass is 426 g/mol. The van der Waals surface area contributed by atoms with Gasteiger partial charge in [-0.1, -0.05) is 54.1 Å². The highest BCUT2D eigenvalue weighted by Gasteiger charge is 2.21. The summed E-state index contributed by atoms with van der Waals surface area (Å²) in [4.78, 5) is 12.4. The van der Waals surface area contributed by atoms with E-state index in [2.05, 4.69) is 5.32 Å². The standard InChI is InChI=1S/C23H23FN2O3S/c1-17-6-5-7-19(14-17)15-25-23(27)20-12-10-18(11-13-20)16-26(30(2,28)29)22-9-4-3-8-21(22)24/h3-14H,15-16H2,1-2H3,(H,25,27). The molecule has 0 unspecified atom stereocenters. The Kier molecular flexibility index (Phi) is 6.52. The van der Waals surface area contributed by atoms with Crippen molar-refractivity contribution in [3.8, 4) is 0 Å². The lowest BCUT2D eigenvalue weighted by molar-refractivity contribution is 0.0951. The molecule has 5 nitrogen and oxygen atoms in total. The van der Waals surface area contributed by atoms with Crippen LogP contribution < -0.4 is 9.62 Å². The van der Waals surface area contributed by atoms with Crippen molar-refractivity contribution in [3.05, 3.63) is 101 Å². The van der Waals surface area contributed by atoms with Crippen molar-refractivity contribution in [1.82, 2.24) is 5.32 Å². The SMILES string of the molecule is Cc1cccc(CNC(=O)c2ccc(CN(c3ccccc3F)S(C)(=O)=O)cc2)c1. The second-order valence-electron chi connectivity index (χ2n) is 7.09. The van der Waals surface area contributed by atoms with E-state index in [-0.39, 0.29) is 18.1 Å². The van der Waals surface area contributed by atoms with Crippen molar-refractivity contribution in [2.75, 3.05) is 10.6 Å². The van der Waals surface area contributed by atoms with E-state index >= 15 is 0 Å². The van der Waals surface area contributed by atoms with Crippen molar-refractivity contribution in [3.63, 3.8) is 0 Å². The van der Waals surface area contributed by atoms with Gasteiger partial charge in [0.15, 0.2) is 0 Å². The number of rotatable bonds is 7. The molecule has 0 saturated heterocycles. The van der Waals surface area contributed by atoms with Gasteiger partial charge in [-0.2, -0.15) is 0 Å². The van der Waals surface area contributed by atoms with Crippen LogP contribution in [0.25, 0.3) is 0 Å². The first-order chi connectivity index (χ1) is 14.2. The van der Waals surface area contributed by atoms with E-state index in [1.54, 1.807) is 30.3 Å². The Labute approximate surface area is 176 Å². The number of benzene rings is 3. The predicted molar refractivity (Wildman–Crippen MR) is 116 cm³/mol. The number of nitrogens with zero attached hydrogens (tertiary/aromatic N) is 1. The Bertz CT molecular complexity index is 1150. The molecule has 0 heterocycles. The van der Waals surface area contributed by atoms with Crippen LogP contribution in [0.4, 0.5) is 10.1 Å². The summed E-state index contributed by atoms with van der Waals surface area (Å²) in [6.45, 7) is 2.37. The minimum absolute atomic E-state index is 0.0139. The fraction of sp³-hybridized carbons (Fsp3) is 0.174. The second-order valence-corrected chi connectivity index (χ2v) is 9.00. The van der Waals surface area contributed by atoms with E-state index < -0.39 is 15.8 Å². The number of anilines is 1. The van der Waals surface area contributed by atoms with E-state index in [1.165, 1.54) is 18.2 Å². The number of amides is 1. The largest absolute Gasteiger partial charge is 0.348 e. The van der Waals surface area contributed by atoms with Gasteiger partial charge in [-0.05, 0) is 42.3 Å². The Hall–Kier alpha value is -3.19. The van der Waals surface area contributed by atoms with Gasteiger partial charge in [0.25, 0.3) is 5.91 Å². The molecule has 30 heavy (non-hydrogen) atoms. The Morgan fingerprint density at radius 2 is 1.67 bits per heavy atom. The fourth-order valence-electron chi connectivity index (χ4n) is 3.07. The van der Waals surface area contributed by atoms with Crippen LogP contribution in [0.15, 0.2) is 72.8 Å². The quantitative estimate of drug-likeness (QED) is 0.620. The summed E-state index contributed by atoms with van der Waals surface area (Å²) >= 11 is 0. The lowest BCUT2D eigenvalue weighted by atomic mass is 10.1. The van der Waals surface area contributed by atoms with Crippen LogP contribution in [0.1, 0.15) is 27.0 Å².